The molecule has 0 bridgehead atoms. The molecule has 0 atom stereocenters. The number of aromatic nitrogens is 4. The van der Waals surface area contributed by atoms with Gasteiger partial charge >= 0.3 is 0 Å². The van der Waals surface area contributed by atoms with Crippen LogP contribution in [-0.2, 0) is 17.8 Å². The van der Waals surface area contributed by atoms with Gasteiger partial charge in [0.25, 0.3) is 0 Å². The van der Waals surface area contributed by atoms with Crippen LogP contribution in [0.15, 0.2) is 30.6 Å². The zero-order valence-electron chi connectivity index (χ0n) is 9.58. The van der Waals surface area contributed by atoms with E-state index in [0.717, 1.165) is 5.56 Å². The highest BCUT2D eigenvalue weighted by Crippen LogP contribution is 2.02. The van der Waals surface area contributed by atoms with E-state index < -0.39 is 0 Å². The van der Waals surface area contributed by atoms with Crippen molar-refractivity contribution < 1.29 is 9.18 Å². The number of carbonyl (C=O) groups is 1. The molecule has 1 N–H and O–H groups in total. The van der Waals surface area contributed by atoms with Gasteiger partial charge in [-0.1, -0.05) is 12.1 Å². The lowest BCUT2D eigenvalue weighted by atomic mass is 10.1. The van der Waals surface area contributed by atoms with Gasteiger partial charge in [0, 0.05) is 6.54 Å². The molecule has 0 saturated heterocycles. The number of benzene rings is 1. The quantitative estimate of drug-likeness (QED) is 0.820. The summed E-state index contributed by atoms with van der Waals surface area (Å²) in [4.78, 5) is 11.5. The van der Waals surface area contributed by atoms with Gasteiger partial charge in [-0.25, -0.2) is 9.07 Å². The van der Waals surface area contributed by atoms with Crippen molar-refractivity contribution in [3.8, 4) is 0 Å². The Bertz CT molecular complexity index is 497. The van der Waals surface area contributed by atoms with Crippen molar-refractivity contribution in [2.75, 3.05) is 6.54 Å². The molecule has 0 radical (unpaired) electrons. The SMILES string of the molecule is O=C(Cn1cnnn1)NCCc1ccc(F)cc1. The lowest BCUT2D eigenvalue weighted by molar-refractivity contribution is -0.121. The molecule has 18 heavy (non-hydrogen) atoms. The van der Waals surface area contributed by atoms with E-state index in [2.05, 4.69) is 20.8 Å². The first-order chi connectivity index (χ1) is 8.74. The molecule has 2 aromatic rings. The molecule has 0 fully saturated rings. The van der Waals surface area contributed by atoms with Gasteiger partial charge in [0.2, 0.25) is 5.91 Å². The summed E-state index contributed by atoms with van der Waals surface area (Å²) >= 11 is 0. The average molecular weight is 249 g/mol. The van der Waals surface area contributed by atoms with Crippen molar-refractivity contribution in [1.82, 2.24) is 25.5 Å². The van der Waals surface area contributed by atoms with E-state index in [0.29, 0.717) is 13.0 Å². The third-order valence-corrected chi connectivity index (χ3v) is 2.35. The molecule has 94 valence electrons. The van der Waals surface area contributed by atoms with Crippen molar-refractivity contribution in [3.63, 3.8) is 0 Å². The smallest absolute Gasteiger partial charge is 0.241 e. The van der Waals surface area contributed by atoms with Gasteiger partial charge in [-0.05, 0) is 34.5 Å². The standard InChI is InChI=1S/C11H12FN5O/c12-10-3-1-9(2-4-10)5-6-13-11(18)7-17-8-14-15-16-17/h1-4,8H,5-7H2,(H,13,18). The van der Waals surface area contributed by atoms with Crippen LogP contribution < -0.4 is 5.32 Å². The second kappa shape index (κ2) is 5.85. The number of tetrazole rings is 1. The third-order valence-electron chi connectivity index (χ3n) is 2.35. The van der Waals surface area contributed by atoms with E-state index in [4.69, 9.17) is 0 Å². The van der Waals surface area contributed by atoms with Gasteiger partial charge in [-0.15, -0.1) is 5.10 Å². The summed E-state index contributed by atoms with van der Waals surface area (Å²) in [5, 5.41) is 13.2. The summed E-state index contributed by atoms with van der Waals surface area (Å²) in [7, 11) is 0. The summed E-state index contributed by atoms with van der Waals surface area (Å²) in [5.41, 5.74) is 0.971. The molecule has 1 aromatic carbocycles. The Morgan fingerprint density at radius 3 is 2.78 bits per heavy atom. The molecule has 6 nitrogen and oxygen atoms in total. The van der Waals surface area contributed by atoms with Gasteiger partial charge in [-0.2, -0.15) is 0 Å². The number of hydrogen-bond acceptors (Lipinski definition) is 4. The van der Waals surface area contributed by atoms with Crippen LogP contribution in [0.5, 0.6) is 0 Å². The van der Waals surface area contributed by atoms with Crippen molar-refractivity contribution in [3.05, 3.63) is 42.0 Å². The highest BCUT2D eigenvalue weighted by atomic mass is 19.1. The van der Waals surface area contributed by atoms with Crippen LogP contribution in [0, 0.1) is 5.82 Å². The lowest BCUT2D eigenvalue weighted by Gasteiger charge is -2.04. The van der Waals surface area contributed by atoms with Crippen LogP contribution >= 0.6 is 0 Å². The minimum Gasteiger partial charge on any atom is -0.354 e. The molecule has 1 heterocycles. The van der Waals surface area contributed by atoms with E-state index in [-0.39, 0.29) is 18.3 Å². The number of nitrogens with one attached hydrogen (secondary N) is 1. The fourth-order valence-corrected chi connectivity index (χ4v) is 1.45. The molecular weight excluding hydrogens is 237 g/mol. The Balaban J connectivity index is 1.72. The Kier molecular flexibility index (Phi) is 3.95. The molecule has 0 unspecified atom stereocenters. The van der Waals surface area contributed by atoms with Gasteiger partial charge < -0.3 is 5.32 Å². The Morgan fingerprint density at radius 2 is 2.11 bits per heavy atom. The monoisotopic (exact) mass is 249 g/mol. The van der Waals surface area contributed by atoms with Gasteiger partial charge in [0.05, 0.1) is 0 Å². The van der Waals surface area contributed by atoms with Crippen LogP contribution in [0.4, 0.5) is 4.39 Å². The number of nitrogens with zero attached hydrogens (tertiary/aromatic N) is 4. The van der Waals surface area contributed by atoms with Crippen molar-refractivity contribution in [2.45, 2.75) is 13.0 Å². The minimum absolute atomic E-state index is 0.0937. The summed E-state index contributed by atoms with van der Waals surface area (Å²) in [5.74, 6) is -0.425. The van der Waals surface area contributed by atoms with Crippen LogP contribution in [0.3, 0.4) is 0 Å². The maximum Gasteiger partial charge on any atom is 0.241 e. The van der Waals surface area contributed by atoms with E-state index in [9.17, 15) is 9.18 Å². The second-order valence-corrected chi connectivity index (χ2v) is 3.73. The van der Waals surface area contributed by atoms with Crippen molar-refractivity contribution in [1.29, 1.82) is 0 Å². The normalized spacial score (nSPS) is 10.3. The predicted octanol–water partition coefficient (Wildman–Crippen LogP) is 0.171. The Morgan fingerprint density at radius 1 is 1.33 bits per heavy atom. The molecule has 1 aromatic heterocycles. The number of hydrogen-bond donors (Lipinski definition) is 1. The first kappa shape index (κ1) is 12.2. The first-order valence-corrected chi connectivity index (χ1v) is 5.46. The summed E-state index contributed by atoms with van der Waals surface area (Å²) in [6, 6.07) is 6.20. The fraction of sp³-hybridized carbons (Fsp3) is 0.273. The van der Waals surface area contributed by atoms with Crippen molar-refractivity contribution >= 4 is 5.91 Å². The third kappa shape index (κ3) is 3.62. The minimum atomic E-state index is -0.263. The van der Waals surface area contributed by atoms with Crippen LogP contribution in [0.1, 0.15) is 5.56 Å². The largest absolute Gasteiger partial charge is 0.354 e. The highest BCUT2D eigenvalue weighted by molar-refractivity contribution is 5.75. The van der Waals surface area contributed by atoms with Gasteiger partial charge in [-0.3, -0.25) is 4.79 Å². The van der Waals surface area contributed by atoms with Gasteiger partial charge in [0.15, 0.2) is 0 Å². The van der Waals surface area contributed by atoms with E-state index in [1.54, 1.807) is 12.1 Å². The molecule has 2 rings (SSSR count). The van der Waals surface area contributed by atoms with Crippen LogP contribution in [0.2, 0.25) is 0 Å². The molecule has 0 aliphatic carbocycles. The number of rotatable bonds is 5. The van der Waals surface area contributed by atoms with E-state index in [1.165, 1.54) is 23.1 Å². The van der Waals surface area contributed by atoms with E-state index in [1.807, 2.05) is 0 Å². The zero-order valence-corrected chi connectivity index (χ0v) is 9.58. The highest BCUT2D eigenvalue weighted by Gasteiger charge is 2.03. The Labute approximate surface area is 103 Å². The van der Waals surface area contributed by atoms with E-state index >= 15 is 0 Å². The Hall–Kier alpha value is -2.31. The number of amides is 1. The van der Waals surface area contributed by atoms with Crippen LogP contribution in [-0.4, -0.2) is 32.7 Å². The lowest BCUT2D eigenvalue weighted by Crippen LogP contribution is -2.29. The fourth-order valence-electron chi connectivity index (χ4n) is 1.45. The summed E-state index contributed by atoms with van der Waals surface area (Å²) in [6.07, 6.45) is 2.03. The summed E-state index contributed by atoms with van der Waals surface area (Å²) < 4.78 is 14.0. The maximum atomic E-state index is 12.7. The second-order valence-electron chi connectivity index (χ2n) is 3.73. The van der Waals surface area contributed by atoms with Crippen LogP contribution in [0.25, 0.3) is 0 Å². The zero-order chi connectivity index (χ0) is 12.8. The number of halogens is 1. The predicted molar refractivity (Wildman–Crippen MR) is 60.9 cm³/mol. The molecule has 0 aliphatic rings. The topological polar surface area (TPSA) is 72.7 Å². The van der Waals surface area contributed by atoms with Crippen molar-refractivity contribution in [2.24, 2.45) is 0 Å². The first-order valence-electron chi connectivity index (χ1n) is 5.46. The maximum absolute atomic E-state index is 12.7. The molecule has 1 amide bonds. The summed E-state index contributed by atoms with van der Waals surface area (Å²) in [6.45, 7) is 0.586. The molecule has 0 saturated carbocycles. The molecule has 0 aliphatic heterocycles. The van der Waals surface area contributed by atoms with Gasteiger partial charge in [0.1, 0.15) is 18.7 Å². The molecule has 7 heteroatoms. The molecular formula is C11H12FN5O. The molecule has 0 spiro atoms. The average Bonchev–Trinajstić information content (AvgIpc) is 2.84. The number of carbonyl (C=O) groups excluding carboxylic acids is 1.